The van der Waals surface area contributed by atoms with Gasteiger partial charge in [0.25, 0.3) is 5.24 Å². The number of benzene rings is 3. The Hall–Kier alpha value is -2.96. The number of hydrogen-bond donors (Lipinski definition) is 1. The number of thioether (sulfide) groups is 1. The van der Waals surface area contributed by atoms with Gasteiger partial charge < -0.3 is 9.47 Å². The van der Waals surface area contributed by atoms with Crippen LogP contribution < -0.4 is 14.8 Å². The van der Waals surface area contributed by atoms with E-state index < -0.39 is 4.75 Å². The van der Waals surface area contributed by atoms with Crippen molar-refractivity contribution in [2.24, 2.45) is 0 Å². The zero-order chi connectivity index (χ0) is 25.5. The van der Waals surface area contributed by atoms with E-state index in [0.717, 1.165) is 72.2 Å². The normalized spacial score (nSPS) is 17.2. The summed E-state index contributed by atoms with van der Waals surface area (Å²) >= 11 is 6.99. The third-order valence-electron chi connectivity index (χ3n) is 6.17. The zero-order valence-electron chi connectivity index (χ0n) is 20.5. The summed E-state index contributed by atoms with van der Waals surface area (Å²) in [6.45, 7) is 4.58. The fraction of sp³-hybridized carbons (Fsp3) is 0.310. The minimum atomic E-state index is -0.852. The van der Waals surface area contributed by atoms with Crippen LogP contribution in [0.2, 0.25) is 5.02 Å². The molecule has 0 aliphatic carbocycles. The van der Waals surface area contributed by atoms with Crippen LogP contribution in [0, 0.1) is 0 Å². The second-order valence-corrected chi connectivity index (χ2v) is 10.8. The quantitative estimate of drug-likeness (QED) is 0.261. The Morgan fingerprint density at radius 3 is 2.31 bits per heavy atom. The Labute approximate surface area is 221 Å². The van der Waals surface area contributed by atoms with E-state index in [9.17, 15) is 9.59 Å². The monoisotopic (exact) mass is 523 g/mol. The summed E-state index contributed by atoms with van der Waals surface area (Å²) in [6, 6.07) is 21.3. The Morgan fingerprint density at radius 1 is 0.917 bits per heavy atom. The van der Waals surface area contributed by atoms with Gasteiger partial charge in [0.1, 0.15) is 22.0 Å². The van der Waals surface area contributed by atoms with Crippen molar-refractivity contribution in [2.75, 3.05) is 6.61 Å². The Morgan fingerprint density at radius 2 is 1.64 bits per heavy atom. The fourth-order valence-corrected chi connectivity index (χ4v) is 5.16. The molecule has 5 nitrogen and oxygen atoms in total. The van der Waals surface area contributed by atoms with E-state index in [4.69, 9.17) is 21.1 Å². The third kappa shape index (κ3) is 6.42. The maximum absolute atomic E-state index is 12.2. The molecule has 1 atom stereocenters. The molecule has 3 aromatic rings. The Kier molecular flexibility index (Phi) is 8.60. The molecule has 0 bridgehead atoms. The summed E-state index contributed by atoms with van der Waals surface area (Å²) in [5, 5.41) is 2.76. The number of unbranched alkanes of at least 4 members (excludes halogenated alkanes) is 1. The van der Waals surface area contributed by atoms with Gasteiger partial charge in [0.15, 0.2) is 0 Å². The minimum absolute atomic E-state index is 0.255. The number of hydrogen-bond acceptors (Lipinski definition) is 5. The largest absolute Gasteiger partial charge is 0.493 e. The number of imide groups is 1. The van der Waals surface area contributed by atoms with Gasteiger partial charge in [-0.25, -0.2) is 0 Å². The molecule has 0 saturated carbocycles. The van der Waals surface area contributed by atoms with E-state index in [-0.39, 0.29) is 11.1 Å². The van der Waals surface area contributed by atoms with E-state index in [0.29, 0.717) is 11.6 Å². The van der Waals surface area contributed by atoms with Gasteiger partial charge in [0.05, 0.1) is 6.61 Å². The highest BCUT2D eigenvalue weighted by molar-refractivity contribution is 8.15. The van der Waals surface area contributed by atoms with Crippen molar-refractivity contribution in [3.8, 4) is 17.2 Å². The third-order valence-corrected chi connectivity index (χ3v) is 7.54. The smallest absolute Gasteiger partial charge is 0.287 e. The predicted molar refractivity (Wildman–Crippen MR) is 145 cm³/mol. The highest BCUT2D eigenvalue weighted by atomic mass is 35.5. The molecule has 1 heterocycles. The molecule has 1 saturated heterocycles. The van der Waals surface area contributed by atoms with Crippen molar-refractivity contribution < 1.29 is 19.1 Å². The van der Waals surface area contributed by atoms with Crippen LogP contribution in [0.15, 0.2) is 66.7 Å². The lowest BCUT2D eigenvalue weighted by Crippen LogP contribution is -2.31. The zero-order valence-corrected chi connectivity index (χ0v) is 22.1. The molecule has 36 heavy (non-hydrogen) atoms. The lowest BCUT2D eigenvalue weighted by atomic mass is 9.97. The number of halogens is 1. The highest BCUT2D eigenvalue weighted by Crippen LogP contribution is 2.41. The van der Waals surface area contributed by atoms with Crippen LogP contribution in [0.5, 0.6) is 17.2 Å². The first-order valence-electron chi connectivity index (χ1n) is 12.2. The second kappa shape index (κ2) is 11.8. The maximum Gasteiger partial charge on any atom is 0.287 e. The summed E-state index contributed by atoms with van der Waals surface area (Å²) < 4.78 is 11.2. The van der Waals surface area contributed by atoms with Gasteiger partial charge in [-0.15, -0.1) is 0 Å². The molecule has 1 N–H and O–H groups in total. The molecule has 3 aromatic carbocycles. The van der Waals surface area contributed by atoms with Crippen molar-refractivity contribution >= 4 is 34.5 Å². The minimum Gasteiger partial charge on any atom is -0.493 e. The van der Waals surface area contributed by atoms with Gasteiger partial charge in [-0.3, -0.25) is 14.9 Å². The summed E-state index contributed by atoms with van der Waals surface area (Å²) in [5.41, 5.74) is 3.18. The lowest BCUT2D eigenvalue weighted by molar-refractivity contribution is -0.121. The SMILES string of the molecule is CCCc1cc(Oc2ccc(Cl)cc2)ccc1OCCCCc1ccc(C2(C)SC(=O)NC2=O)cc1. The number of carbonyl (C=O) groups excluding carboxylic acids is 2. The molecule has 188 valence electrons. The van der Waals surface area contributed by atoms with E-state index >= 15 is 0 Å². The standard InChI is InChI=1S/C29H30ClNO4S/c1-3-6-21-19-25(35-24-14-12-23(30)13-15-24)16-17-26(21)34-18-5-4-7-20-8-10-22(11-9-20)29(2)27(32)31-28(33)36-29/h8-17,19H,3-7,18H2,1-2H3,(H,31,32,33). The number of rotatable bonds is 11. The molecular formula is C29H30ClNO4S. The molecule has 1 unspecified atom stereocenters. The van der Waals surface area contributed by atoms with Crippen LogP contribution in [-0.4, -0.2) is 17.8 Å². The second-order valence-electron chi connectivity index (χ2n) is 8.95. The van der Waals surface area contributed by atoms with Crippen LogP contribution in [0.1, 0.15) is 49.8 Å². The highest BCUT2D eigenvalue weighted by Gasteiger charge is 2.45. The summed E-state index contributed by atoms with van der Waals surface area (Å²) in [6.07, 6.45) is 4.78. The van der Waals surface area contributed by atoms with Crippen molar-refractivity contribution in [1.82, 2.24) is 5.32 Å². The number of carbonyl (C=O) groups is 2. The van der Waals surface area contributed by atoms with E-state index in [1.165, 1.54) is 5.56 Å². The Balaban J connectivity index is 1.26. The van der Waals surface area contributed by atoms with Gasteiger partial charge in [-0.2, -0.15) is 0 Å². The molecule has 1 fully saturated rings. The first kappa shape index (κ1) is 26.1. The number of ether oxygens (including phenoxy) is 2. The van der Waals surface area contributed by atoms with Crippen LogP contribution in [0.3, 0.4) is 0 Å². The van der Waals surface area contributed by atoms with E-state index in [1.54, 1.807) is 6.92 Å². The molecule has 4 rings (SSSR count). The Bertz CT molecular complexity index is 1210. The molecule has 7 heteroatoms. The molecule has 1 aliphatic rings. The predicted octanol–water partition coefficient (Wildman–Crippen LogP) is 7.68. The van der Waals surface area contributed by atoms with Gasteiger partial charge in [-0.1, -0.05) is 49.2 Å². The number of nitrogens with one attached hydrogen (secondary N) is 1. The molecule has 0 radical (unpaired) electrons. The first-order chi connectivity index (χ1) is 17.4. The van der Waals surface area contributed by atoms with Crippen LogP contribution in [-0.2, 0) is 22.4 Å². The van der Waals surface area contributed by atoms with E-state index in [2.05, 4.69) is 12.2 Å². The van der Waals surface area contributed by atoms with Gasteiger partial charge in [0.2, 0.25) is 5.91 Å². The van der Waals surface area contributed by atoms with E-state index in [1.807, 2.05) is 66.7 Å². The fourth-order valence-electron chi connectivity index (χ4n) is 4.13. The van der Waals surface area contributed by atoms with Gasteiger partial charge in [-0.05, 0) is 104 Å². The molecule has 2 amide bonds. The van der Waals surface area contributed by atoms with Crippen LogP contribution >= 0.6 is 23.4 Å². The van der Waals surface area contributed by atoms with Gasteiger partial charge in [0, 0.05) is 5.02 Å². The van der Waals surface area contributed by atoms with Crippen molar-refractivity contribution in [3.63, 3.8) is 0 Å². The van der Waals surface area contributed by atoms with Gasteiger partial charge >= 0.3 is 0 Å². The van der Waals surface area contributed by atoms with Crippen molar-refractivity contribution in [3.05, 3.63) is 88.4 Å². The average Bonchev–Trinajstić information content (AvgIpc) is 3.14. The topological polar surface area (TPSA) is 64.6 Å². The lowest BCUT2D eigenvalue weighted by Gasteiger charge is -2.19. The summed E-state index contributed by atoms with van der Waals surface area (Å²) in [5.74, 6) is 2.17. The first-order valence-corrected chi connectivity index (χ1v) is 13.4. The molecule has 0 aromatic heterocycles. The maximum atomic E-state index is 12.2. The molecule has 1 aliphatic heterocycles. The van der Waals surface area contributed by atoms with Crippen molar-refractivity contribution in [1.29, 1.82) is 0 Å². The van der Waals surface area contributed by atoms with Crippen LogP contribution in [0.4, 0.5) is 4.79 Å². The average molecular weight is 524 g/mol. The summed E-state index contributed by atoms with van der Waals surface area (Å²) in [7, 11) is 0. The number of aryl methyl sites for hydroxylation is 2. The molecule has 0 spiro atoms. The van der Waals surface area contributed by atoms with Crippen LogP contribution in [0.25, 0.3) is 0 Å². The van der Waals surface area contributed by atoms with Crippen molar-refractivity contribution in [2.45, 2.75) is 50.7 Å². The molecular weight excluding hydrogens is 494 g/mol. The number of amides is 2. The summed E-state index contributed by atoms with van der Waals surface area (Å²) in [4.78, 5) is 23.7.